The molecule has 1 aliphatic heterocycles. The highest BCUT2D eigenvalue weighted by atomic mass is 16.7. The Kier molecular flexibility index (Phi) is 4.01. The zero-order valence-corrected chi connectivity index (χ0v) is 14.4. The van der Waals surface area contributed by atoms with Crippen molar-refractivity contribution in [2.24, 2.45) is 5.73 Å². The third kappa shape index (κ3) is 2.85. The Morgan fingerprint density at radius 3 is 2.29 bits per heavy atom. The Balaban J connectivity index is 1.89. The van der Waals surface area contributed by atoms with Crippen LogP contribution < -0.4 is 11.2 Å². The number of hydrogen-bond donors (Lipinski definition) is 1. The fraction of sp³-hybridized carbons (Fsp3) is 0.412. The van der Waals surface area contributed by atoms with Gasteiger partial charge in [0.25, 0.3) is 0 Å². The van der Waals surface area contributed by atoms with Gasteiger partial charge in [0.15, 0.2) is 6.04 Å². The summed E-state index contributed by atoms with van der Waals surface area (Å²) in [6, 6.07) is 8.66. The van der Waals surface area contributed by atoms with E-state index < -0.39 is 30.3 Å². The standard InChI is InChI=1S/C17H22BN3O3/c1-16(2)17(3,4)24-18(23-16)13-10-20-21(11-13)14(15(19)22)12-8-6-5-7-9-12/h5-11,14H,1-4H3,(H2,19,22). The molecule has 1 aromatic heterocycles. The van der Waals surface area contributed by atoms with Gasteiger partial charge < -0.3 is 15.0 Å². The summed E-state index contributed by atoms with van der Waals surface area (Å²) in [5.41, 5.74) is 6.28. The predicted molar refractivity (Wildman–Crippen MR) is 91.7 cm³/mol. The van der Waals surface area contributed by atoms with E-state index in [-0.39, 0.29) is 0 Å². The largest absolute Gasteiger partial charge is 0.498 e. The quantitative estimate of drug-likeness (QED) is 0.858. The van der Waals surface area contributed by atoms with Crippen LogP contribution in [0.4, 0.5) is 0 Å². The number of aromatic nitrogens is 2. The van der Waals surface area contributed by atoms with Crippen molar-refractivity contribution in [1.29, 1.82) is 0 Å². The number of carbonyl (C=O) groups is 1. The Bertz CT molecular complexity index is 727. The zero-order valence-electron chi connectivity index (χ0n) is 14.4. The van der Waals surface area contributed by atoms with Gasteiger partial charge in [-0.1, -0.05) is 30.3 Å². The Morgan fingerprint density at radius 1 is 1.17 bits per heavy atom. The zero-order chi connectivity index (χ0) is 17.5. The molecule has 1 fully saturated rings. The Hall–Kier alpha value is -2.12. The number of nitrogens with zero attached hydrogens (tertiary/aromatic N) is 2. The molecule has 1 amide bonds. The van der Waals surface area contributed by atoms with Gasteiger partial charge >= 0.3 is 7.12 Å². The van der Waals surface area contributed by atoms with Crippen LogP contribution in [0, 0.1) is 0 Å². The molecular formula is C17H22BN3O3. The minimum absolute atomic E-state index is 0.428. The van der Waals surface area contributed by atoms with Gasteiger partial charge in [-0.05, 0) is 33.3 Å². The van der Waals surface area contributed by atoms with Crippen molar-refractivity contribution in [1.82, 2.24) is 9.78 Å². The first-order chi connectivity index (χ1) is 11.2. The molecule has 1 saturated heterocycles. The molecule has 1 aliphatic rings. The van der Waals surface area contributed by atoms with Crippen molar-refractivity contribution in [3.63, 3.8) is 0 Å². The van der Waals surface area contributed by atoms with Crippen molar-refractivity contribution in [2.75, 3.05) is 0 Å². The average Bonchev–Trinajstić information content (AvgIpc) is 3.03. The van der Waals surface area contributed by atoms with E-state index in [0.29, 0.717) is 0 Å². The Labute approximate surface area is 142 Å². The average molecular weight is 327 g/mol. The first-order valence-corrected chi connectivity index (χ1v) is 7.95. The predicted octanol–water partition coefficient (Wildman–Crippen LogP) is 1.26. The van der Waals surface area contributed by atoms with Gasteiger partial charge in [-0.15, -0.1) is 0 Å². The summed E-state index contributed by atoms with van der Waals surface area (Å²) in [6.45, 7) is 7.97. The van der Waals surface area contributed by atoms with Gasteiger partial charge in [0.1, 0.15) is 0 Å². The lowest BCUT2D eigenvalue weighted by Gasteiger charge is -2.32. The third-order valence-corrected chi connectivity index (χ3v) is 4.80. The number of nitrogens with two attached hydrogens (primary N) is 1. The lowest BCUT2D eigenvalue weighted by molar-refractivity contribution is -0.120. The number of benzene rings is 1. The maximum Gasteiger partial charge on any atom is 0.498 e. The van der Waals surface area contributed by atoms with Gasteiger partial charge in [-0.2, -0.15) is 5.10 Å². The van der Waals surface area contributed by atoms with E-state index in [2.05, 4.69) is 5.10 Å². The molecular weight excluding hydrogens is 305 g/mol. The molecule has 7 heteroatoms. The minimum Gasteiger partial charge on any atom is -0.399 e. The van der Waals surface area contributed by atoms with Crippen molar-refractivity contribution >= 4 is 18.5 Å². The van der Waals surface area contributed by atoms with Crippen LogP contribution in [0.5, 0.6) is 0 Å². The number of hydrogen-bond acceptors (Lipinski definition) is 4. The van der Waals surface area contributed by atoms with Crippen LogP contribution in [0.15, 0.2) is 42.7 Å². The smallest absolute Gasteiger partial charge is 0.399 e. The number of rotatable bonds is 4. The molecule has 3 rings (SSSR count). The molecule has 0 radical (unpaired) electrons. The van der Waals surface area contributed by atoms with Gasteiger partial charge in [0.2, 0.25) is 5.91 Å². The summed E-state index contributed by atoms with van der Waals surface area (Å²) in [5, 5.41) is 4.31. The number of carbonyl (C=O) groups excluding carboxylic acids is 1. The maximum atomic E-state index is 11.9. The van der Waals surface area contributed by atoms with E-state index in [9.17, 15) is 4.79 Å². The van der Waals surface area contributed by atoms with Gasteiger partial charge in [0, 0.05) is 17.9 Å². The summed E-state index contributed by atoms with van der Waals surface area (Å²) in [6.07, 6.45) is 3.41. The second kappa shape index (κ2) is 5.75. The SMILES string of the molecule is CC1(C)OB(c2cnn(C(C(N)=O)c3ccccc3)c2)OC1(C)C. The van der Waals surface area contributed by atoms with Crippen molar-refractivity contribution < 1.29 is 14.1 Å². The summed E-state index contributed by atoms with van der Waals surface area (Å²) < 4.78 is 13.6. The van der Waals surface area contributed by atoms with E-state index >= 15 is 0 Å². The van der Waals surface area contributed by atoms with Crippen LogP contribution in [-0.4, -0.2) is 34.0 Å². The summed E-state index contributed by atoms with van der Waals surface area (Å²) in [4.78, 5) is 11.9. The highest BCUT2D eigenvalue weighted by Gasteiger charge is 2.52. The monoisotopic (exact) mass is 327 g/mol. The molecule has 1 atom stereocenters. The van der Waals surface area contributed by atoms with Crippen molar-refractivity contribution in [2.45, 2.75) is 44.9 Å². The molecule has 2 aromatic rings. The second-order valence-electron chi connectivity index (χ2n) is 7.06. The van der Waals surface area contributed by atoms with Crippen LogP contribution >= 0.6 is 0 Å². The van der Waals surface area contributed by atoms with E-state index in [1.54, 1.807) is 17.1 Å². The van der Waals surface area contributed by atoms with Crippen LogP contribution in [0.3, 0.4) is 0 Å². The molecule has 2 heterocycles. The first kappa shape index (κ1) is 16.7. The van der Waals surface area contributed by atoms with Crippen LogP contribution in [0.2, 0.25) is 0 Å². The highest BCUT2D eigenvalue weighted by Crippen LogP contribution is 2.36. The Morgan fingerprint density at radius 2 is 1.75 bits per heavy atom. The molecule has 0 saturated carbocycles. The van der Waals surface area contributed by atoms with Crippen molar-refractivity contribution in [3.05, 3.63) is 48.3 Å². The lowest BCUT2D eigenvalue weighted by atomic mass is 9.82. The third-order valence-electron chi connectivity index (χ3n) is 4.80. The van der Waals surface area contributed by atoms with Crippen LogP contribution in [-0.2, 0) is 14.1 Å². The van der Waals surface area contributed by atoms with Gasteiger partial charge in [-0.25, -0.2) is 0 Å². The molecule has 0 bridgehead atoms. The highest BCUT2D eigenvalue weighted by molar-refractivity contribution is 6.62. The number of amides is 1. The number of primary amides is 1. The first-order valence-electron chi connectivity index (χ1n) is 7.95. The molecule has 0 aliphatic carbocycles. The second-order valence-corrected chi connectivity index (χ2v) is 7.06. The fourth-order valence-electron chi connectivity index (χ4n) is 2.68. The van der Waals surface area contributed by atoms with E-state index in [0.717, 1.165) is 11.0 Å². The molecule has 24 heavy (non-hydrogen) atoms. The summed E-state index contributed by atoms with van der Waals surface area (Å²) >= 11 is 0. The summed E-state index contributed by atoms with van der Waals surface area (Å²) in [7, 11) is -0.520. The van der Waals surface area contributed by atoms with Crippen molar-refractivity contribution in [3.8, 4) is 0 Å². The minimum atomic E-state index is -0.664. The van der Waals surface area contributed by atoms with E-state index in [1.165, 1.54) is 0 Å². The molecule has 1 aromatic carbocycles. The van der Waals surface area contributed by atoms with Gasteiger partial charge in [-0.3, -0.25) is 9.48 Å². The summed E-state index contributed by atoms with van der Waals surface area (Å²) in [5.74, 6) is -0.468. The van der Waals surface area contributed by atoms with Crippen LogP contribution in [0.25, 0.3) is 0 Å². The molecule has 6 nitrogen and oxygen atoms in total. The topological polar surface area (TPSA) is 79.4 Å². The van der Waals surface area contributed by atoms with E-state index in [1.807, 2.05) is 58.0 Å². The van der Waals surface area contributed by atoms with Crippen LogP contribution in [0.1, 0.15) is 39.3 Å². The maximum absolute atomic E-state index is 11.9. The fourth-order valence-corrected chi connectivity index (χ4v) is 2.68. The molecule has 0 spiro atoms. The molecule has 1 unspecified atom stereocenters. The lowest BCUT2D eigenvalue weighted by Crippen LogP contribution is -2.41. The van der Waals surface area contributed by atoms with Gasteiger partial charge in [0.05, 0.1) is 11.2 Å². The van der Waals surface area contributed by atoms with E-state index in [4.69, 9.17) is 15.0 Å². The molecule has 2 N–H and O–H groups in total. The normalized spacial score (nSPS) is 20.1. The molecule has 126 valence electrons.